The fourth-order valence-corrected chi connectivity index (χ4v) is 3.06. The number of carbonyl (C=O) groups is 1. The Morgan fingerprint density at radius 2 is 1.69 bits per heavy atom. The van der Waals surface area contributed by atoms with Gasteiger partial charge >= 0.3 is 5.97 Å². The SMILES string of the molecule is COC(=O)CCc1ccc(O/C(CC(C)c2ccc(Oc3ccccc3)cc2)=N/O)cn1. The molecule has 0 aliphatic rings. The number of nitrogens with zero attached hydrogens (tertiary/aromatic N) is 2. The predicted molar refractivity (Wildman–Crippen MR) is 120 cm³/mol. The molecular formula is C25H26N2O5. The summed E-state index contributed by atoms with van der Waals surface area (Å²) in [6.07, 6.45) is 2.69. The first kappa shape index (κ1) is 22.8. The molecule has 7 nitrogen and oxygen atoms in total. The van der Waals surface area contributed by atoms with E-state index in [9.17, 15) is 10.0 Å². The standard InChI is InChI=1S/C25H26N2O5/c1-18(19-8-12-22(13-9-19)31-21-6-4-3-5-7-21)16-24(27-29)32-23-14-10-20(26-17-23)11-15-25(28)30-2/h3-10,12-14,17-18,29H,11,15-16H2,1-2H3/b27-24+. The van der Waals surface area contributed by atoms with Crippen LogP contribution < -0.4 is 9.47 Å². The Bertz CT molecular complexity index is 1020. The number of para-hydroxylation sites is 1. The first-order valence-corrected chi connectivity index (χ1v) is 10.3. The van der Waals surface area contributed by atoms with Crippen LogP contribution in [-0.4, -0.2) is 29.2 Å². The van der Waals surface area contributed by atoms with E-state index >= 15 is 0 Å². The molecule has 0 spiro atoms. The maximum atomic E-state index is 11.2. The lowest BCUT2D eigenvalue weighted by Gasteiger charge is -2.14. The van der Waals surface area contributed by atoms with Gasteiger partial charge in [0.15, 0.2) is 0 Å². The third-order valence-corrected chi connectivity index (χ3v) is 4.87. The van der Waals surface area contributed by atoms with Crippen LogP contribution in [0.25, 0.3) is 0 Å². The minimum atomic E-state index is -0.282. The Morgan fingerprint density at radius 3 is 2.31 bits per heavy atom. The van der Waals surface area contributed by atoms with Crippen LogP contribution in [0.1, 0.15) is 36.9 Å². The van der Waals surface area contributed by atoms with Crippen molar-refractivity contribution in [3.63, 3.8) is 0 Å². The summed E-state index contributed by atoms with van der Waals surface area (Å²) < 4.78 is 16.1. The lowest BCUT2D eigenvalue weighted by molar-refractivity contribution is -0.140. The molecule has 0 amide bonds. The Morgan fingerprint density at radius 1 is 1.00 bits per heavy atom. The van der Waals surface area contributed by atoms with Gasteiger partial charge in [-0.3, -0.25) is 9.78 Å². The van der Waals surface area contributed by atoms with Crippen molar-refractivity contribution in [1.82, 2.24) is 4.98 Å². The summed E-state index contributed by atoms with van der Waals surface area (Å²) >= 11 is 0. The fraction of sp³-hybridized carbons (Fsp3) is 0.240. The average Bonchev–Trinajstić information content (AvgIpc) is 2.84. The molecule has 1 heterocycles. The number of rotatable bonds is 9. The number of carbonyl (C=O) groups excluding carboxylic acids is 1. The quantitative estimate of drug-likeness (QED) is 0.161. The summed E-state index contributed by atoms with van der Waals surface area (Å²) in [5, 5.41) is 12.7. The van der Waals surface area contributed by atoms with Crippen LogP contribution in [0.5, 0.6) is 17.2 Å². The van der Waals surface area contributed by atoms with E-state index in [0.717, 1.165) is 22.8 Å². The van der Waals surface area contributed by atoms with Gasteiger partial charge in [-0.25, -0.2) is 0 Å². The number of ether oxygens (including phenoxy) is 3. The molecule has 0 fully saturated rings. The molecule has 3 aromatic rings. The summed E-state index contributed by atoms with van der Waals surface area (Å²) in [6.45, 7) is 2.02. The first-order valence-electron chi connectivity index (χ1n) is 10.3. The predicted octanol–water partition coefficient (Wildman–Crippen LogP) is 5.34. The maximum absolute atomic E-state index is 11.2. The number of benzene rings is 2. The highest BCUT2D eigenvalue weighted by Gasteiger charge is 2.13. The van der Waals surface area contributed by atoms with E-state index in [1.54, 1.807) is 12.1 Å². The minimum Gasteiger partial charge on any atom is -0.469 e. The molecule has 0 radical (unpaired) electrons. The van der Waals surface area contributed by atoms with Crippen LogP contribution in [0.15, 0.2) is 78.1 Å². The van der Waals surface area contributed by atoms with Crippen LogP contribution in [0, 0.1) is 0 Å². The molecule has 32 heavy (non-hydrogen) atoms. The Kier molecular flexibility index (Phi) is 8.20. The number of aromatic nitrogens is 1. The van der Waals surface area contributed by atoms with E-state index in [1.807, 2.05) is 61.5 Å². The second kappa shape index (κ2) is 11.5. The van der Waals surface area contributed by atoms with Gasteiger partial charge in [0.2, 0.25) is 5.90 Å². The zero-order valence-electron chi connectivity index (χ0n) is 18.1. The Labute approximate surface area is 187 Å². The molecule has 7 heteroatoms. The van der Waals surface area contributed by atoms with Crippen LogP contribution in [-0.2, 0) is 16.0 Å². The molecule has 1 atom stereocenters. The van der Waals surface area contributed by atoms with E-state index in [0.29, 0.717) is 18.6 Å². The van der Waals surface area contributed by atoms with E-state index in [1.165, 1.54) is 13.3 Å². The zero-order valence-corrected chi connectivity index (χ0v) is 18.1. The third kappa shape index (κ3) is 6.84. The summed E-state index contributed by atoms with van der Waals surface area (Å²) in [7, 11) is 1.36. The molecule has 1 N–H and O–H groups in total. The molecule has 0 aliphatic heterocycles. The number of aryl methyl sites for hydroxylation is 1. The molecule has 2 aromatic carbocycles. The second-order valence-electron chi connectivity index (χ2n) is 7.25. The van der Waals surface area contributed by atoms with Crippen molar-refractivity contribution < 1.29 is 24.2 Å². The highest BCUT2D eigenvalue weighted by atomic mass is 16.5. The van der Waals surface area contributed by atoms with E-state index in [4.69, 9.17) is 9.47 Å². The van der Waals surface area contributed by atoms with Gasteiger partial charge in [-0.2, -0.15) is 0 Å². The summed E-state index contributed by atoms with van der Waals surface area (Å²) in [5.41, 5.74) is 1.81. The van der Waals surface area contributed by atoms with Gasteiger partial charge in [0.25, 0.3) is 0 Å². The van der Waals surface area contributed by atoms with Gasteiger partial charge < -0.3 is 19.4 Å². The zero-order chi connectivity index (χ0) is 22.8. The van der Waals surface area contributed by atoms with Crippen molar-refractivity contribution in [3.8, 4) is 17.2 Å². The number of hydrogen-bond donors (Lipinski definition) is 1. The molecule has 0 bridgehead atoms. The second-order valence-corrected chi connectivity index (χ2v) is 7.25. The van der Waals surface area contributed by atoms with Gasteiger partial charge in [-0.05, 0) is 47.9 Å². The minimum absolute atomic E-state index is 0.0546. The van der Waals surface area contributed by atoms with Gasteiger partial charge in [0.1, 0.15) is 17.2 Å². The lowest BCUT2D eigenvalue weighted by Crippen LogP contribution is -2.12. The highest BCUT2D eigenvalue weighted by molar-refractivity contribution is 5.78. The summed E-state index contributed by atoms with van der Waals surface area (Å²) in [5.74, 6) is 1.94. The normalized spacial score (nSPS) is 12.1. The van der Waals surface area contributed by atoms with E-state index in [-0.39, 0.29) is 24.2 Å². The number of pyridine rings is 1. The van der Waals surface area contributed by atoms with Crippen molar-refractivity contribution in [1.29, 1.82) is 0 Å². The van der Waals surface area contributed by atoms with E-state index < -0.39 is 0 Å². The molecule has 0 saturated carbocycles. The van der Waals surface area contributed by atoms with Gasteiger partial charge in [0, 0.05) is 18.5 Å². The number of oxime groups is 1. The van der Waals surface area contributed by atoms with Gasteiger partial charge in [-0.1, -0.05) is 42.4 Å². The molecule has 1 aromatic heterocycles. The number of hydrogen-bond acceptors (Lipinski definition) is 7. The molecule has 3 rings (SSSR count). The summed E-state index contributed by atoms with van der Waals surface area (Å²) in [4.78, 5) is 15.5. The highest BCUT2D eigenvalue weighted by Crippen LogP contribution is 2.26. The van der Waals surface area contributed by atoms with Crippen LogP contribution in [0.2, 0.25) is 0 Å². The molecule has 0 aliphatic carbocycles. The fourth-order valence-electron chi connectivity index (χ4n) is 3.06. The van der Waals surface area contributed by atoms with Gasteiger partial charge in [0.05, 0.1) is 19.7 Å². The Balaban J connectivity index is 1.54. The van der Waals surface area contributed by atoms with Crippen molar-refractivity contribution >= 4 is 11.9 Å². The third-order valence-electron chi connectivity index (χ3n) is 4.87. The van der Waals surface area contributed by atoms with Crippen molar-refractivity contribution in [3.05, 3.63) is 84.2 Å². The molecule has 1 unspecified atom stereocenters. The summed E-state index contributed by atoms with van der Waals surface area (Å²) in [6, 6.07) is 20.9. The van der Waals surface area contributed by atoms with Crippen LogP contribution in [0.3, 0.4) is 0 Å². The molecule has 0 saturated heterocycles. The van der Waals surface area contributed by atoms with Crippen LogP contribution in [0.4, 0.5) is 0 Å². The topological polar surface area (TPSA) is 90.2 Å². The van der Waals surface area contributed by atoms with Crippen molar-refractivity contribution in [2.45, 2.75) is 32.1 Å². The van der Waals surface area contributed by atoms with Crippen molar-refractivity contribution in [2.24, 2.45) is 5.16 Å². The Hall–Kier alpha value is -3.87. The van der Waals surface area contributed by atoms with Crippen molar-refractivity contribution in [2.75, 3.05) is 7.11 Å². The maximum Gasteiger partial charge on any atom is 0.305 e. The molecule has 166 valence electrons. The smallest absolute Gasteiger partial charge is 0.305 e. The first-order chi connectivity index (χ1) is 15.6. The monoisotopic (exact) mass is 434 g/mol. The largest absolute Gasteiger partial charge is 0.469 e. The van der Waals surface area contributed by atoms with Crippen LogP contribution >= 0.6 is 0 Å². The molecular weight excluding hydrogens is 408 g/mol. The lowest BCUT2D eigenvalue weighted by atomic mass is 9.98. The van der Waals surface area contributed by atoms with E-state index in [2.05, 4.69) is 14.9 Å². The van der Waals surface area contributed by atoms with Gasteiger partial charge in [-0.15, -0.1) is 0 Å². The number of esters is 1. The average molecular weight is 434 g/mol. The number of methoxy groups -OCH3 is 1.